The van der Waals surface area contributed by atoms with Crippen LogP contribution in [0.5, 0.6) is 0 Å². The minimum absolute atomic E-state index is 0.397. The van der Waals surface area contributed by atoms with Crippen molar-refractivity contribution in [3.05, 3.63) is 11.4 Å². The standard InChI is InChI=1S/C13H24N4O/c1-9-13(14)10(2)17(15-9)8-12(18)7-16(3)6-11-4-5-11/h11-12,18H,4-8,14H2,1-3H3. The summed E-state index contributed by atoms with van der Waals surface area (Å²) in [5.41, 5.74) is 8.39. The summed E-state index contributed by atoms with van der Waals surface area (Å²) in [7, 11) is 2.07. The minimum atomic E-state index is -0.397. The van der Waals surface area contributed by atoms with Crippen LogP contribution in [0.15, 0.2) is 0 Å². The van der Waals surface area contributed by atoms with Gasteiger partial charge < -0.3 is 15.7 Å². The maximum Gasteiger partial charge on any atom is 0.0862 e. The predicted molar refractivity (Wildman–Crippen MR) is 72.3 cm³/mol. The molecule has 1 aromatic rings. The highest BCUT2D eigenvalue weighted by Crippen LogP contribution is 2.29. The summed E-state index contributed by atoms with van der Waals surface area (Å²) in [5, 5.41) is 14.4. The van der Waals surface area contributed by atoms with E-state index in [0.29, 0.717) is 13.1 Å². The number of aromatic nitrogens is 2. The van der Waals surface area contributed by atoms with E-state index in [1.807, 2.05) is 13.8 Å². The van der Waals surface area contributed by atoms with Gasteiger partial charge >= 0.3 is 0 Å². The molecule has 0 amide bonds. The molecule has 1 saturated carbocycles. The normalized spacial score (nSPS) is 17.4. The van der Waals surface area contributed by atoms with E-state index in [-0.39, 0.29) is 0 Å². The van der Waals surface area contributed by atoms with Crippen molar-refractivity contribution in [1.29, 1.82) is 0 Å². The van der Waals surface area contributed by atoms with E-state index in [1.165, 1.54) is 12.8 Å². The smallest absolute Gasteiger partial charge is 0.0862 e. The monoisotopic (exact) mass is 252 g/mol. The number of rotatable bonds is 6. The summed E-state index contributed by atoms with van der Waals surface area (Å²) in [6.07, 6.45) is 2.29. The Kier molecular flexibility index (Phi) is 3.92. The highest BCUT2D eigenvalue weighted by atomic mass is 16.3. The number of nitrogen functional groups attached to an aromatic ring is 1. The van der Waals surface area contributed by atoms with Crippen molar-refractivity contribution in [2.45, 2.75) is 39.3 Å². The quantitative estimate of drug-likeness (QED) is 0.785. The average Bonchev–Trinajstić information content (AvgIpc) is 3.05. The topological polar surface area (TPSA) is 67.3 Å². The number of aryl methyl sites for hydroxylation is 1. The van der Waals surface area contributed by atoms with E-state index in [1.54, 1.807) is 4.68 Å². The van der Waals surface area contributed by atoms with Gasteiger partial charge in [0, 0.05) is 13.1 Å². The first-order valence-electron chi connectivity index (χ1n) is 6.63. The molecule has 3 N–H and O–H groups in total. The summed E-state index contributed by atoms with van der Waals surface area (Å²) in [6.45, 7) is 6.13. The lowest BCUT2D eigenvalue weighted by molar-refractivity contribution is 0.104. The molecule has 1 fully saturated rings. The number of anilines is 1. The van der Waals surface area contributed by atoms with Crippen LogP contribution in [0.1, 0.15) is 24.2 Å². The van der Waals surface area contributed by atoms with E-state index in [9.17, 15) is 5.11 Å². The predicted octanol–water partition coefficient (Wildman–Crippen LogP) is 0.785. The van der Waals surface area contributed by atoms with Gasteiger partial charge in [-0.15, -0.1) is 0 Å². The molecule has 0 radical (unpaired) electrons. The van der Waals surface area contributed by atoms with Crippen molar-refractivity contribution in [1.82, 2.24) is 14.7 Å². The molecule has 1 unspecified atom stereocenters. The lowest BCUT2D eigenvalue weighted by Crippen LogP contribution is -2.33. The Morgan fingerprint density at radius 2 is 2.17 bits per heavy atom. The van der Waals surface area contributed by atoms with Gasteiger partial charge in [0.2, 0.25) is 0 Å². The van der Waals surface area contributed by atoms with Crippen molar-refractivity contribution in [3.8, 4) is 0 Å². The highest BCUT2D eigenvalue weighted by Gasteiger charge is 2.23. The molecule has 0 spiro atoms. The minimum Gasteiger partial charge on any atom is -0.396 e. The van der Waals surface area contributed by atoms with E-state index < -0.39 is 6.10 Å². The molecule has 18 heavy (non-hydrogen) atoms. The summed E-state index contributed by atoms with van der Waals surface area (Å²) >= 11 is 0. The Balaban J connectivity index is 1.85. The van der Waals surface area contributed by atoms with Crippen molar-refractivity contribution < 1.29 is 5.11 Å². The molecule has 0 aromatic carbocycles. The van der Waals surface area contributed by atoms with Crippen LogP contribution in [-0.2, 0) is 6.54 Å². The third kappa shape index (κ3) is 3.23. The molecule has 0 aliphatic heterocycles. The Morgan fingerprint density at radius 1 is 1.50 bits per heavy atom. The molecule has 2 rings (SSSR count). The fraction of sp³-hybridized carbons (Fsp3) is 0.769. The molecular formula is C13H24N4O. The molecule has 102 valence electrons. The van der Waals surface area contributed by atoms with Gasteiger partial charge in [-0.1, -0.05) is 0 Å². The second-order valence-corrected chi connectivity index (χ2v) is 5.59. The Hall–Kier alpha value is -1.07. The molecule has 0 bridgehead atoms. The van der Waals surface area contributed by atoms with Crippen LogP contribution in [0, 0.1) is 19.8 Å². The Bertz CT molecular complexity index is 411. The maximum atomic E-state index is 10.1. The third-order valence-electron chi connectivity index (χ3n) is 3.61. The first-order valence-corrected chi connectivity index (χ1v) is 6.63. The van der Waals surface area contributed by atoms with E-state index in [2.05, 4.69) is 17.0 Å². The largest absolute Gasteiger partial charge is 0.396 e. The fourth-order valence-electron chi connectivity index (χ4n) is 2.32. The summed E-state index contributed by atoms with van der Waals surface area (Å²) in [4.78, 5) is 2.21. The van der Waals surface area contributed by atoms with Crippen LogP contribution >= 0.6 is 0 Å². The summed E-state index contributed by atoms with van der Waals surface area (Å²) in [5.74, 6) is 0.853. The molecule has 5 nitrogen and oxygen atoms in total. The van der Waals surface area contributed by atoms with Gasteiger partial charge in [-0.05, 0) is 39.7 Å². The van der Waals surface area contributed by atoms with Crippen LogP contribution in [0.4, 0.5) is 5.69 Å². The van der Waals surface area contributed by atoms with Gasteiger partial charge in [-0.25, -0.2) is 0 Å². The van der Waals surface area contributed by atoms with Crippen molar-refractivity contribution in [2.24, 2.45) is 5.92 Å². The first kappa shape index (κ1) is 13.4. The molecule has 1 aliphatic carbocycles. The van der Waals surface area contributed by atoms with Crippen LogP contribution in [0.2, 0.25) is 0 Å². The number of aliphatic hydroxyl groups excluding tert-OH is 1. The van der Waals surface area contributed by atoms with Crippen LogP contribution in [-0.4, -0.2) is 46.0 Å². The van der Waals surface area contributed by atoms with Gasteiger partial charge in [0.05, 0.1) is 29.7 Å². The number of hydrogen-bond acceptors (Lipinski definition) is 4. The number of nitrogens with two attached hydrogens (primary N) is 1. The van der Waals surface area contributed by atoms with E-state index in [4.69, 9.17) is 5.73 Å². The summed E-state index contributed by atoms with van der Waals surface area (Å²) in [6, 6.07) is 0. The van der Waals surface area contributed by atoms with Crippen molar-refractivity contribution >= 4 is 5.69 Å². The SMILES string of the molecule is Cc1nn(CC(O)CN(C)CC2CC2)c(C)c1N. The fourth-order valence-corrected chi connectivity index (χ4v) is 2.32. The number of likely N-dealkylation sites (N-methyl/N-ethyl adjacent to an activating group) is 1. The number of nitrogens with zero attached hydrogens (tertiary/aromatic N) is 3. The van der Waals surface area contributed by atoms with Crippen molar-refractivity contribution in [2.75, 3.05) is 25.9 Å². The van der Waals surface area contributed by atoms with Crippen LogP contribution < -0.4 is 5.73 Å². The molecule has 0 saturated heterocycles. The lowest BCUT2D eigenvalue weighted by Gasteiger charge is -2.20. The zero-order valence-corrected chi connectivity index (χ0v) is 11.6. The second-order valence-electron chi connectivity index (χ2n) is 5.59. The number of aliphatic hydroxyl groups is 1. The Labute approximate surface area is 109 Å². The van der Waals surface area contributed by atoms with Gasteiger partial charge in [0.1, 0.15) is 0 Å². The zero-order chi connectivity index (χ0) is 13.3. The maximum absolute atomic E-state index is 10.1. The van der Waals surface area contributed by atoms with Crippen molar-refractivity contribution in [3.63, 3.8) is 0 Å². The zero-order valence-electron chi connectivity index (χ0n) is 11.6. The second kappa shape index (κ2) is 5.28. The van der Waals surface area contributed by atoms with E-state index in [0.717, 1.165) is 29.5 Å². The first-order chi connectivity index (χ1) is 8.47. The van der Waals surface area contributed by atoms with Gasteiger partial charge in [-0.2, -0.15) is 5.10 Å². The van der Waals surface area contributed by atoms with Gasteiger partial charge in [0.25, 0.3) is 0 Å². The average molecular weight is 252 g/mol. The molecule has 5 heteroatoms. The lowest BCUT2D eigenvalue weighted by atomic mass is 10.3. The molecule has 1 aliphatic rings. The molecular weight excluding hydrogens is 228 g/mol. The van der Waals surface area contributed by atoms with Gasteiger partial charge in [0.15, 0.2) is 0 Å². The van der Waals surface area contributed by atoms with E-state index >= 15 is 0 Å². The molecule has 1 aromatic heterocycles. The third-order valence-corrected chi connectivity index (χ3v) is 3.61. The summed E-state index contributed by atoms with van der Waals surface area (Å²) < 4.78 is 1.81. The van der Waals surface area contributed by atoms with Crippen LogP contribution in [0.3, 0.4) is 0 Å². The van der Waals surface area contributed by atoms with Crippen LogP contribution in [0.25, 0.3) is 0 Å². The van der Waals surface area contributed by atoms with Gasteiger partial charge in [-0.3, -0.25) is 4.68 Å². The molecule has 1 heterocycles. The number of hydrogen-bond donors (Lipinski definition) is 2. The Morgan fingerprint density at radius 3 is 2.67 bits per heavy atom. The molecule has 1 atom stereocenters. The highest BCUT2D eigenvalue weighted by molar-refractivity contribution is 5.46.